The Morgan fingerprint density at radius 1 is 0.667 bits per heavy atom. The lowest BCUT2D eigenvalue weighted by molar-refractivity contribution is 0.322. The maximum atomic E-state index is 6.33. The van der Waals surface area contributed by atoms with Crippen LogP contribution < -0.4 is 26.5 Å². The number of ether oxygens (including phenoxy) is 4. The Labute approximate surface area is 166 Å². The minimum absolute atomic E-state index is 0.392. The Balaban J connectivity index is 2.38. The van der Waals surface area contributed by atoms with Gasteiger partial charge in [0.15, 0.2) is 34.5 Å². The number of hydrogen-bond donors (Lipinski definition) is 0. The van der Waals surface area contributed by atoms with Crippen LogP contribution >= 0.6 is 0 Å². The van der Waals surface area contributed by atoms with Crippen molar-refractivity contribution in [1.29, 1.82) is 0 Å². The minimum Gasteiger partial charge on any atom is -0.607 e. The molecule has 0 aliphatic rings. The first-order valence-electron chi connectivity index (χ1n) is 8.79. The van der Waals surface area contributed by atoms with Crippen LogP contribution in [0.5, 0.6) is 34.5 Å². The predicted octanol–water partition coefficient (Wildman–Crippen LogP) is 4.32. The Morgan fingerprint density at radius 3 is 1.26 bits per heavy atom. The van der Waals surface area contributed by atoms with Crippen molar-refractivity contribution >= 4 is 14.8 Å². The van der Waals surface area contributed by atoms with Crippen molar-refractivity contribution in [3.63, 3.8) is 0 Å². The highest BCUT2D eigenvalue weighted by Crippen LogP contribution is 2.40. The van der Waals surface area contributed by atoms with Gasteiger partial charge in [-0.2, -0.15) is 0 Å². The van der Waals surface area contributed by atoms with Crippen LogP contribution in [0, 0.1) is 5.92 Å². The molecule has 0 heterocycles. The van der Waals surface area contributed by atoms with Crippen molar-refractivity contribution in [2.75, 3.05) is 28.4 Å². The number of rotatable bonds is 10. The molecule has 0 spiro atoms. The van der Waals surface area contributed by atoms with Crippen LogP contribution in [0.3, 0.4) is 0 Å². The van der Waals surface area contributed by atoms with E-state index in [2.05, 4.69) is 13.8 Å². The van der Waals surface area contributed by atoms with Crippen LogP contribution in [0.15, 0.2) is 36.4 Å². The molecule has 27 heavy (non-hydrogen) atoms. The molecule has 146 valence electrons. The summed E-state index contributed by atoms with van der Waals surface area (Å²) in [5.74, 6) is 3.90. The molecule has 6 nitrogen and oxygen atoms in total. The van der Waals surface area contributed by atoms with Crippen molar-refractivity contribution < 1.29 is 26.5 Å². The molecule has 0 saturated carbocycles. The molecule has 2 aromatic carbocycles. The first-order chi connectivity index (χ1) is 13.0. The van der Waals surface area contributed by atoms with Crippen LogP contribution in [0.1, 0.15) is 13.8 Å². The molecule has 0 aliphatic heterocycles. The Hall–Kier alpha value is -2.23. The molecule has 0 N–H and O–H groups in total. The second-order valence-corrected chi connectivity index (χ2v) is 8.08. The fraction of sp³-hybridized carbons (Fsp3) is 0.400. The Kier molecular flexibility index (Phi) is 7.96. The van der Waals surface area contributed by atoms with E-state index in [0.29, 0.717) is 40.4 Å². The molecule has 0 bridgehead atoms. The topological polar surface area (TPSA) is 55.4 Å². The van der Waals surface area contributed by atoms with E-state index in [1.165, 1.54) is 0 Å². The van der Waals surface area contributed by atoms with Gasteiger partial charge in [0.25, 0.3) is 0 Å². The zero-order chi connectivity index (χ0) is 19.8. The molecule has 0 aliphatic carbocycles. The zero-order valence-electron chi connectivity index (χ0n) is 16.8. The van der Waals surface area contributed by atoms with E-state index >= 15 is 0 Å². The van der Waals surface area contributed by atoms with Crippen molar-refractivity contribution in [2.45, 2.75) is 19.1 Å². The highest BCUT2D eigenvalue weighted by molar-refractivity contribution is 6.46. The SMILES string of the molecule is COc1cccc(OC)c1[O][Al]([CH2]C(C)C)[O]c1c(OC)cccc1OC. The van der Waals surface area contributed by atoms with Gasteiger partial charge in [-0.15, -0.1) is 0 Å². The summed E-state index contributed by atoms with van der Waals surface area (Å²) in [6.45, 7) is 4.26. The first-order valence-corrected chi connectivity index (χ1v) is 10.5. The van der Waals surface area contributed by atoms with Crippen LogP contribution in [0.25, 0.3) is 0 Å². The molecule has 2 aromatic rings. The molecule has 0 radical (unpaired) electrons. The first kappa shape index (κ1) is 21.1. The molecule has 0 atom stereocenters. The van der Waals surface area contributed by atoms with Gasteiger partial charge in [-0.05, 0) is 29.5 Å². The van der Waals surface area contributed by atoms with Crippen molar-refractivity contribution in [2.24, 2.45) is 5.92 Å². The largest absolute Gasteiger partial charge is 0.857 e. The van der Waals surface area contributed by atoms with Crippen LogP contribution in [-0.2, 0) is 0 Å². The van der Waals surface area contributed by atoms with Crippen LogP contribution in [-0.4, -0.2) is 43.3 Å². The van der Waals surface area contributed by atoms with E-state index in [0.717, 1.165) is 5.28 Å². The quantitative estimate of drug-likeness (QED) is 0.563. The van der Waals surface area contributed by atoms with Gasteiger partial charge in [0, 0.05) is 0 Å². The van der Waals surface area contributed by atoms with Crippen molar-refractivity contribution in [3.8, 4) is 34.5 Å². The summed E-state index contributed by atoms with van der Waals surface area (Å²) in [6, 6.07) is 11.1. The third-order valence-electron chi connectivity index (χ3n) is 3.93. The average molecular weight is 390 g/mol. The second-order valence-electron chi connectivity index (χ2n) is 6.28. The van der Waals surface area contributed by atoms with Gasteiger partial charge in [-0.25, -0.2) is 0 Å². The summed E-state index contributed by atoms with van der Waals surface area (Å²) in [7, 11) is 6.41. The normalized spacial score (nSPS) is 10.3. The number of hydrogen-bond acceptors (Lipinski definition) is 6. The molecule has 0 fully saturated rings. The summed E-state index contributed by atoms with van der Waals surface area (Å²) >= 11 is -2.23. The molecule has 7 heteroatoms. The van der Waals surface area contributed by atoms with Gasteiger partial charge in [0.1, 0.15) is 0 Å². The third-order valence-corrected chi connectivity index (χ3v) is 6.25. The fourth-order valence-corrected chi connectivity index (χ4v) is 4.64. The molecule has 0 aromatic heterocycles. The molecule has 2 rings (SSSR count). The van der Waals surface area contributed by atoms with Gasteiger partial charge < -0.3 is 26.5 Å². The van der Waals surface area contributed by atoms with E-state index in [9.17, 15) is 0 Å². The lowest BCUT2D eigenvalue weighted by Gasteiger charge is -2.23. The summed E-state index contributed by atoms with van der Waals surface area (Å²) in [6.07, 6.45) is 0. The summed E-state index contributed by atoms with van der Waals surface area (Å²) in [4.78, 5) is 0. The maximum absolute atomic E-state index is 6.33. The number of benzene rings is 2. The van der Waals surface area contributed by atoms with E-state index < -0.39 is 14.8 Å². The lowest BCUT2D eigenvalue weighted by atomic mass is 10.3. The molecule has 0 saturated heterocycles. The highest BCUT2D eigenvalue weighted by atomic mass is 27.2. The van der Waals surface area contributed by atoms with Crippen LogP contribution in [0.2, 0.25) is 5.28 Å². The Morgan fingerprint density at radius 2 is 1.00 bits per heavy atom. The number of para-hydroxylation sites is 2. The van der Waals surface area contributed by atoms with Gasteiger partial charge in [0.05, 0.1) is 28.4 Å². The molecule has 0 unspecified atom stereocenters. The molecule has 0 amide bonds. The summed E-state index contributed by atoms with van der Waals surface area (Å²) in [5, 5.41) is 0.780. The second kappa shape index (κ2) is 10.2. The zero-order valence-corrected chi connectivity index (χ0v) is 17.9. The van der Waals surface area contributed by atoms with Crippen molar-refractivity contribution in [1.82, 2.24) is 0 Å². The summed E-state index contributed by atoms with van der Waals surface area (Å²) < 4.78 is 34.4. The number of methoxy groups -OCH3 is 4. The van der Waals surface area contributed by atoms with Crippen LogP contribution in [0.4, 0.5) is 0 Å². The van der Waals surface area contributed by atoms with Crippen molar-refractivity contribution in [3.05, 3.63) is 36.4 Å². The van der Waals surface area contributed by atoms with Gasteiger partial charge in [0.2, 0.25) is 0 Å². The highest BCUT2D eigenvalue weighted by Gasteiger charge is 2.37. The molecular weight excluding hydrogens is 363 g/mol. The van der Waals surface area contributed by atoms with Gasteiger partial charge >= 0.3 is 14.8 Å². The summed E-state index contributed by atoms with van der Waals surface area (Å²) in [5.41, 5.74) is 0. The smallest absolute Gasteiger partial charge is 0.607 e. The Bertz CT molecular complexity index is 632. The molecular formula is C20H27AlO6. The maximum Gasteiger partial charge on any atom is 0.857 e. The van der Waals surface area contributed by atoms with E-state index in [4.69, 9.17) is 26.5 Å². The third kappa shape index (κ3) is 5.38. The standard InChI is InChI=1S/2C8H10O3.C4H9.Al/c2*1-10-6-4-3-5-7(11-2)8(6)9;1-4(2)3;/h2*3-5,9H,1-2H3;4H,1H2,2-3H3;/q;;;+2/p-2. The lowest BCUT2D eigenvalue weighted by Crippen LogP contribution is -2.32. The fourth-order valence-electron chi connectivity index (χ4n) is 2.63. The monoisotopic (exact) mass is 390 g/mol. The minimum atomic E-state index is -2.23. The average Bonchev–Trinajstić information content (AvgIpc) is 2.67. The van der Waals surface area contributed by atoms with E-state index in [-0.39, 0.29) is 0 Å². The van der Waals surface area contributed by atoms with Gasteiger partial charge in [-0.1, -0.05) is 31.9 Å². The van der Waals surface area contributed by atoms with E-state index in [1.807, 2.05) is 36.4 Å². The predicted molar refractivity (Wildman–Crippen MR) is 106 cm³/mol. The van der Waals surface area contributed by atoms with E-state index in [1.54, 1.807) is 28.4 Å². The van der Waals surface area contributed by atoms with Gasteiger partial charge in [-0.3, -0.25) is 0 Å².